The predicted molar refractivity (Wildman–Crippen MR) is 114 cm³/mol. The maximum absolute atomic E-state index is 2.66. The van der Waals surface area contributed by atoms with Crippen molar-refractivity contribution in [3.05, 3.63) is 108 Å². The zero-order chi connectivity index (χ0) is 18.3. The van der Waals surface area contributed by atoms with E-state index < -0.39 is 0 Å². The van der Waals surface area contributed by atoms with Crippen molar-refractivity contribution in [1.29, 1.82) is 0 Å². The first-order chi connectivity index (χ1) is 13.4. The molecule has 4 rings (SSSR count). The second-order valence-electron chi connectivity index (χ2n) is 7.69. The fourth-order valence-corrected chi connectivity index (χ4v) is 4.42. The van der Waals surface area contributed by atoms with Crippen LogP contribution in [0, 0.1) is 0 Å². The average molecular weight is 356 g/mol. The molecule has 1 fully saturated rings. The van der Waals surface area contributed by atoms with Gasteiger partial charge in [0.05, 0.1) is 0 Å². The summed E-state index contributed by atoms with van der Waals surface area (Å²) in [7, 11) is 0. The molecule has 0 aliphatic carbocycles. The van der Waals surface area contributed by atoms with Gasteiger partial charge in [-0.2, -0.15) is 0 Å². The van der Waals surface area contributed by atoms with E-state index in [9.17, 15) is 0 Å². The molecule has 1 heterocycles. The Labute approximate surface area is 163 Å². The molecule has 0 aromatic heterocycles. The Kier molecular flexibility index (Phi) is 6.01. The minimum atomic E-state index is 0.485. The summed E-state index contributed by atoms with van der Waals surface area (Å²) in [5.74, 6) is 1.22. The Balaban J connectivity index is 1.38. The fraction of sp³-hybridized carbons (Fsp3) is 0.308. The summed E-state index contributed by atoms with van der Waals surface area (Å²) in [6, 6.07) is 33.0. The lowest BCUT2D eigenvalue weighted by Gasteiger charge is -2.33. The molecule has 138 valence electrons. The van der Waals surface area contributed by atoms with Gasteiger partial charge in [-0.25, -0.2) is 0 Å². The molecule has 0 atom stereocenters. The SMILES string of the molecule is c1ccc(C2CCN(CCC(c3ccccc3)c3ccccc3)CC2)cc1. The van der Waals surface area contributed by atoms with E-state index in [1.807, 2.05) is 0 Å². The van der Waals surface area contributed by atoms with Gasteiger partial charge >= 0.3 is 0 Å². The number of likely N-dealkylation sites (tertiary alicyclic amines) is 1. The molecule has 3 aromatic carbocycles. The molecule has 0 bridgehead atoms. The zero-order valence-electron chi connectivity index (χ0n) is 16.0. The number of hydrogen-bond donors (Lipinski definition) is 0. The molecule has 0 unspecified atom stereocenters. The molecule has 1 nitrogen and oxygen atoms in total. The molecule has 0 amide bonds. The van der Waals surface area contributed by atoms with E-state index in [1.165, 1.54) is 55.6 Å². The van der Waals surface area contributed by atoms with Gasteiger partial charge in [0.25, 0.3) is 0 Å². The normalized spacial score (nSPS) is 15.9. The Bertz CT molecular complexity index is 750. The van der Waals surface area contributed by atoms with Gasteiger partial charge in [-0.15, -0.1) is 0 Å². The van der Waals surface area contributed by atoms with E-state index in [4.69, 9.17) is 0 Å². The quantitative estimate of drug-likeness (QED) is 0.517. The van der Waals surface area contributed by atoms with E-state index in [-0.39, 0.29) is 0 Å². The summed E-state index contributed by atoms with van der Waals surface area (Å²) >= 11 is 0. The van der Waals surface area contributed by atoms with E-state index in [0.29, 0.717) is 5.92 Å². The van der Waals surface area contributed by atoms with E-state index >= 15 is 0 Å². The number of nitrogens with zero attached hydrogens (tertiary/aromatic N) is 1. The summed E-state index contributed by atoms with van der Waals surface area (Å²) in [5, 5.41) is 0. The molecule has 27 heavy (non-hydrogen) atoms. The fourth-order valence-electron chi connectivity index (χ4n) is 4.42. The highest BCUT2D eigenvalue weighted by molar-refractivity contribution is 5.32. The molecule has 3 aromatic rings. The van der Waals surface area contributed by atoms with E-state index in [0.717, 1.165) is 5.92 Å². The summed E-state index contributed by atoms with van der Waals surface area (Å²) < 4.78 is 0. The largest absolute Gasteiger partial charge is 0.303 e. The van der Waals surface area contributed by atoms with Crippen LogP contribution in [-0.4, -0.2) is 24.5 Å². The van der Waals surface area contributed by atoms with Crippen molar-refractivity contribution in [2.45, 2.75) is 31.1 Å². The molecule has 0 saturated carbocycles. The third kappa shape index (κ3) is 4.67. The molecular formula is C26H29N. The van der Waals surface area contributed by atoms with Crippen LogP contribution in [0.1, 0.15) is 47.8 Å². The van der Waals surface area contributed by atoms with Crippen molar-refractivity contribution in [3.63, 3.8) is 0 Å². The van der Waals surface area contributed by atoms with Crippen molar-refractivity contribution < 1.29 is 0 Å². The van der Waals surface area contributed by atoms with Crippen LogP contribution in [0.3, 0.4) is 0 Å². The summed E-state index contributed by atoms with van der Waals surface area (Å²) in [6.45, 7) is 3.61. The van der Waals surface area contributed by atoms with Gasteiger partial charge in [0.2, 0.25) is 0 Å². The average Bonchev–Trinajstić information content (AvgIpc) is 2.76. The van der Waals surface area contributed by atoms with Crippen LogP contribution in [0.5, 0.6) is 0 Å². The first-order valence-electron chi connectivity index (χ1n) is 10.3. The minimum Gasteiger partial charge on any atom is -0.303 e. The van der Waals surface area contributed by atoms with E-state index in [1.54, 1.807) is 0 Å². The Hall–Kier alpha value is -2.38. The lowest BCUT2D eigenvalue weighted by molar-refractivity contribution is 0.207. The van der Waals surface area contributed by atoms with Gasteiger partial charge in [0.1, 0.15) is 0 Å². The van der Waals surface area contributed by atoms with Crippen LogP contribution in [0.25, 0.3) is 0 Å². The van der Waals surface area contributed by atoms with Crippen LogP contribution < -0.4 is 0 Å². The maximum Gasteiger partial charge on any atom is 0.0101 e. The molecule has 0 spiro atoms. The van der Waals surface area contributed by atoms with E-state index in [2.05, 4.69) is 95.9 Å². The Morgan fingerprint density at radius 1 is 0.667 bits per heavy atom. The zero-order valence-corrected chi connectivity index (χ0v) is 16.0. The van der Waals surface area contributed by atoms with Gasteiger partial charge < -0.3 is 4.90 Å². The molecule has 1 aliphatic rings. The Morgan fingerprint density at radius 3 is 1.67 bits per heavy atom. The molecule has 0 radical (unpaired) electrons. The highest BCUT2D eigenvalue weighted by Gasteiger charge is 2.22. The molecule has 1 saturated heterocycles. The molecular weight excluding hydrogens is 326 g/mol. The number of hydrogen-bond acceptors (Lipinski definition) is 1. The van der Waals surface area contributed by atoms with Crippen molar-refractivity contribution in [2.75, 3.05) is 19.6 Å². The second-order valence-corrected chi connectivity index (χ2v) is 7.69. The van der Waals surface area contributed by atoms with Gasteiger partial charge in [-0.1, -0.05) is 91.0 Å². The number of rotatable bonds is 6. The third-order valence-electron chi connectivity index (χ3n) is 6.00. The molecule has 0 N–H and O–H groups in total. The second kappa shape index (κ2) is 9.01. The predicted octanol–water partition coefficient (Wildman–Crippen LogP) is 6.09. The number of benzene rings is 3. The van der Waals surface area contributed by atoms with Crippen LogP contribution in [0.2, 0.25) is 0 Å². The van der Waals surface area contributed by atoms with Gasteiger partial charge in [0, 0.05) is 5.92 Å². The van der Waals surface area contributed by atoms with Crippen LogP contribution >= 0.6 is 0 Å². The van der Waals surface area contributed by atoms with Gasteiger partial charge in [0.15, 0.2) is 0 Å². The topological polar surface area (TPSA) is 3.24 Å². The lowest BCUT2D eigenvalue weighted by Crippen LogP contribution is -2.34. The maximum atomic E-state index is 2.66. The monoisotopic (exact) mass is 355 g/mol. The minimum absolute atomic E-state index is 0.485. The van der Waals surface area contributed by atoms with Crippen molar-refractivity contribution in [2.24, 2.45) is 0 Å². The van der Waals surface area contributed by atoms with Crippen LogP contribution in [0.4, 0.5) is 0 Å². The van der Waals surface area contributed by atoms with Crippen LogP contribution in [-0.2, 0) is 0 Å². The van der Waals surface area contributed by atoms with Crippen LogP contribution in [0.15, 0.2) is 91.0 Å². The summed E-state index contributed by atoms with van der Waals surface area (Å²) in [5.41, 5.74) is 4.38. The van der Waals surface area contributed by atoms with Crippen molar-refractivity contribution >= 4 is 0 Å². The number of piperidine rings is 1. The highest BCUT2D eigenvalue weighted by Crippen LogP contribution is 2.31. The Morgan fingerprint density at radius 2 is 1.15 bits per heavy atom. The van der Waals surface area contributed by atoms with Crippen molar-refractivity contribution in [1.82, 2.24) is 4.90 Å². The summed E-state index contributed by atoms with van der Waals surface area (Å²) in [4.78, 5) is 2.66. The smallest absolute Gasteiger partial charge is 0.0101 e. The molecule has 1 aliphatic heterocycles. The third-order valence-corrected chi connectivity index (χ3v) is 6.00. The standard InChI is InChI=1S/C26H29N/c1-4-10-22(11-5-1)23-16-19-27(20-17-23)21-18-26(24-12-6-2-7-13-24)25-14-8-3-9-15-25/h1-15,23,26H,16-21H2. The van der Waals surface area contributed by atoms with Gasteiger partial charge in [-0.3, -0.25) is 0 Å². The highest BCUT2D eigenvalue weighted by atomic mass is 15.1. The first kappa shape index (κ1) is 18.0. The lowest BCUT2D eigenvalue weighted by atomic mass is 9.87. The summed E-state index contributed by atoms with van der Waals surface area (Å²) in [6.07, 6.45) is 3.75. The van der Waals surface area contributed by atoms with Gasteiger partial charge in [-0.05, 0) is 61.5 Å². The van der Waals surface area contributed by atoms with Crippen molar-refractivity contribution in [3.8, 4) is 0 Å². The molecule has 1 heteroatoms. The first-order valence-corrected chi connectivity index (χ1v) is 10.3.